The molecule has 2 fully saturated rings. The third-order valence-corrected chi connectivity index (χ3v) is 6.05. The van der Waals surface area contributed by atoms with E-state index in [1.807, 2.05) is 29.4 Å². The Labute approximate surface area is 156 Å². The minimum atomic E-state index is -0.127. The predicted octanol–water partition coefficient (Wildman–Crippen LogP) is 3.76. The summed E-state index contributed by atoms with van der Waals surface area (Å²) in [7, 11) is 0. The summed E-state index contributed by atoms with van der Waals surface area (Å²) >= 11 is 7.70. The average molecular weight is 375 g/mol. The molecule has 2 atom stereocenters. The first kappa shape index (κ1) is 16.8. The first-order chi connectivity index (χ1) is 12.1. The molecule has 0 radical (unpaired) electrons. The van der Waals surface area contributed by atoms with Gasteiger partial charge in [-0.3, -0.25) is 9.69 Å². The largest absolute Gasteiger partial charge is 0.508 e. The molecule has 6 heteroatoms. The standard InChI is InChI=1S/C19H19ClN2O2S/c1-25-18-5-3-2-4-15(18)22-14-9-16(19(22)24)21(11-14)10-12-8-13(20)6-7-17(12)23/h2-8,14,16,23H,9-11H2,1H3/t14-,16-/m0/s1. The maximum absolute atomic E-state index is 13.0. The molecule has 4 rings (SSSR count). The molecule has 2 heterocycles. The zero-order chi connectivity index (χ0) is 17.6. The molecule has 0 aliphatic carbocycles. The molecule has 2 aliphatic heterocycles. The van der Waals surface area contributed by atoms with Crippen molar-refractivity contribution in [3.05, 3.63) is 53.1 Å². The maximum Gasteiger partial charge on any atom is 0.244 e. The Morgan fingerprint density at radius 1 is 1.28 bits per heavy atom. The lowest BCUT2D eigenvalue weighted by molar-refractivity contribution is -0.122. The number of amides is 1. The van der Waals surface area contributed by atoms with Gasteiger partial charge in [0.2, 0.25) is 5.91 Å². The van der Waals surface area contributed by atoms with Crippen LogP contribution in [0.3, 0.4) is 0 Å². The molecule has 25 heavy (non-hydrogen) atoms. The zero-order valence-electron chi connectivity index (χ0n) is 13.9. The van der Waals surface area contributed by atoms with E-state index in [0.29, 0.717) is 11.6 Å². The Balaban J connectivity index is 1.56. The summed E-state index contributed by atoms with van der Waals surface area (Å²) in [5.41, 5.74) is 1.78. The number of likely N-dealkylation sites (tertiary alicyclic amines) is 1. The van der Waals surface area contributed by atoms with Crippen molar-refractivity contribution in [1.82, 2.24) is 4.90 Å². The van der Waals surface area contributed by atoms with Crippen LogP contribution < -0.4 is 4.90 Å². The predicted molar refractivity (Wildman–Crippen MR) is 101 cm³/mol. The highest BCUT2D eigenvalue weighted by molar-refractivity contribution is 7.98. The zero-order valence-corrected chi connectivity index (χ0v) is 15.4. The average Bonchev–Trinajstić information content (AvgIpc) is 3.15. The van der Waals surface area contributed by atoms with Crippen molar-refractivity contribution in [3.8, 4) is 5.75 Å². The van der Waals surface area contributed by atoms with Crippen molar-refractivity contribution in [3.63, 3.8) is 0 Å². The third kappa shape index (κ3) is 2.90. The van der Waals surface area contributed by atoms with Gasteiger partial charge < -0.3 is 10.0 Å². The van der Waals surface area contributed by atoms with Crippen LogP contribution in [-0.2, 0) is 11.3 Å². The Morgan fingerprint density at radius 2 is 2.08 bits per heavy atom. The van der Waals surface area contributed by atoms with Crippen molar-refractivity contribution in [2.75, 3.05) is 17.7 Å². The molecule has 2 bridgehead atoms. The molecular formula is C19H19ClN2O2S. The number of piperazine rings is 1. The SMILES string of the molecule is CSc1ccccc1N1C(=O)[C@@H]2C[C@H]1CN2Cc1cc(Cl)ccc1O. The van der Waals surface area contributed by atoms with Gasteiger partial charge in [-0.25, -0.2) is 0 Å². The van der Waals surface area contributed by atoms with E-state index in [1.54, 1.807) is 30.0 Å². The number of phenolic OH excluding ortho intramolecular Hbond substituents is 1. The molecule has 0 spiro atoms. The summed E-state index contributed by atoms with van der Waals surface area (Å²) in [5, 5.41) is 10.6. The molecule has 2 aliphatic rings. The lowest BCUT2D eigenvalue weighted by Crippen LogP contribution is -2.50. The number of carbonyl (C=O) groups excluding carboxylic acids is 1. The van der Waals surface area contributed by atoms with E-state index >= 15 is 0 Å². The van der Waals surface area contributed by atoms with Crippen molar-refractivity contribution in [2.45, 2.75) is 29.9 Å². The molecule has 130 valence electrons. The number of rotatable bonds is 4. The first-order valence-electron chi connectivity index (χ1n) is 8.26. The van der Waals surface area contributed by atoms with Crippen LogP contribution in [0, 0.1) is 0 Å². The molecule has 0 aromatic heterocycles. The summed E-state index contributed by atoms with van der Waals surface area (Å²) in [4.78, 5) is 18.2. The quantitative estimate of drug-likeness (QED) is 0.827. The van der Waals surface area contributed by atoms with Gasteiger partial charge in [-0.15, -0.1) is 11.8 Å². The maximum atomic E-state index is 13.0. The van der Waals surface area contributed by atoms with Gasteiger partial charge >= 0.3 is 0 Å². The summed E-state index contributed by atoms with van der Waals surface area (Å²) in [6, 6.07) is 13.2. The van der Waals surface area contributed by atoms with Gasteiger partial charge in [-0.05, 0) is 43.0 Å². The lowest BCUT2D eigenvalue weighted by atomic mass is 10.1. The van der Waals surface area contributed by atoms with Gasteiger partial charge in [0.25, 0.3) is 0 Å². The van der Waals surface area contributed by atoms with E-state index < -0.39 is 0 Å². The number of fused-ring (bicyclic) bond motifs is 2. The number of anilines is 1. The Morgan fingerprint density at radius 3 is 2.84 bits per heavy atom. The molecule has 0 saturated carbocycles. The second-order valence-electron chi connectivity index (χ2n) is 6.49. The molecule has 1 amide bonds. The number of halogens is 1. The lowest BCUT2D eigenvalue weighted by Gasteiger charge is -2.34. The number of hydrogen-bond donors (Lipinski definition) is 1. The fraction of sp³-hybridized carbons (Fsp3) is 0.316. The number of thioether (sulfide) groups is 1. The molecule has 2 aromatic carbocycles. The van der Waals surface area contributed by atoms with Crippen LogP contribution in [0.4, 0.5) is 5.69 Å². The van der Waals surface area contributed by atoms with Crippen LogP contribution in [0.1, 0.15) is 12.0 Å². The van der Waals surface area contributed by atoms with Crippen LogP contribution in [0.5, 0.6) is 5.75 Å². The van der Waals surface area contributed by atoms with Crippen LogP contribution in [0.2, 0.25) is 5.02 Å². The molecule has 0 unspecified atom stereocenters. The van der Waals surface area contributed by atoms with Crippen LogP contribution >= 0.6 is 23.4 Å². The summed E-state index contributed by atoms with van der Waals surface area (Å²) in [6.45, 7) is 1.35. The highest BCUT2D eigenvalue weighted by Gasteiger charge is 2.50. The number of benzene rings is 2. The number of carbonyl (C=O) groups is 1. The van der Waals surface area contributed by atoms with E-state index in [1.165, 1.54) is 0 Å². The fourth-order valence-electron chi connectivity index (χ4n) is 3.88. The number of para-hydroxylation sites is 1. The summed E-state index contributed by atoms with van der Waals surface area (Å²) in [6.07, 6.45) is 2.87. The van der Waals surface area contributed by atoms with E-state index in [-0.39, 0.29) is 23.7 Å². The Bertz CT molecular complexity index is 829. The molecule has 4 nitrogen and oxygen atoms in total. The minimum Gasteiger partial charge on any atom is -0.508 e. The normalized spacial score (nSPS) is 22.8. The van der Waals surface area contributed by atoms with E-state index in [9.17, 15) is 9.90 Å². The number of phenols is 1. The Kier molecular flexibility index (Phi) is 4.40. The van der Waals surface area contributed by atoms with Gasteiger partial charge in [0.1, 0.15) is 5.75 Å². The van der Waals surface area contributed by atoms with Gasteiger partial charge in [0.05, 0.1) is 17.8 Å². The van der Waals surface area contributed by atoms with Gasteiger partial charge in [0, 0.05) is 28.6 Å². The van der Waals surface area contributed by atoms with E-state index in [2.05, 4.69) is 11.0 Å². The summed E-state index contributed by atoms with van der Waals surface area (Å²) < 4.78 is 0. The molecule has 2 saturated heterocycles. The number of aromatic hydroxyl groups is 1. The van der Waals surface area contributed by atoms with Crippen LogP contribution in [0.15, 0.2) is 47.4 Å². The smallest absolute Gasteiger partial charge is 0.244 e. The monoisotopic (exact) mass is 374 g/mol. The highest BCUT2D eigenvalue weighted by Crippen LogP contribution is 2.40. The second kappa shape index (κ2) is 6.56. The minimum absolute atomic E-state index is 0.127. The molecular weight excluding hydrogens is 356 g/mol. The third-order valence-electron chi connectivity index (χ3n) is 5.03. The number of hydrogen-bond acceptors (Lipinski definition) is 4. The van der Waals surface area contributed by atoms with Crippen molar-refractivity contribution in [2.24, 2.45) is 0 Å². The second-order valence-corrected chi connectivity index (χ2v) is 7.77. The highest BCUT2D eigenvalue weighted by atomic mass is 35.5. The van der Waals surface area contributed by atoms with Crippen LogP contribution in [0.25, 0.3) is 0 Å². The van der Waals surface area contributed by atoms with Gasteiger partial charge in [-0.2, -0.15) is 0 Å². The fourth-order valence-corrected chi connectivity index (χ4v) is 4.67. The first-order valence-corrected chi connectivity index (χ1v) is 9.86. The molecule has 1 N–H and O–H groups in total. The number of nitrogens with zero attached hydrogens (tertiary/aromatic N) is 2. The van der Waals surface area contributed by atoms with Crippen molar-refractivity contribution < 1.29 is 9.90 Å². The van der Waals surface area contributed by atoms with Gasteiger partial charge in [-0.1, -0.05) is 23.7 Å². The van der Waals surface area contributed by atoms with Crippen molar-refractivity contribution in [1.29, 1.82) is 0 Å². The van der Waals surface area contributed by atoms with E-state index in [4.69, 9.17) is 11.6 Å². The summed E-state index contributed by atoms with van der Waals surface area (Å²) in [5.74, 6) is 0.378. The van der Waals surface area contributed by atoms with Gasteiger partial charge in [0.15, 0.2) is 0 Å². The molecule has 2 aromatic rings. The van der Waals surface area contributed by atoms with Crippen LogP contribution in [-0.4, -0.2) is 40.8 Å². The van der Waals surface area contributed by atoms with Crippen molar-refractivity contribution >= 4 is 35.0 Å². The Hall–Kier alpha value is -1.69. The van der Waals surface area contributed by atoms with E-state index in [0.717, 1.165) is 29.1 Å². The topological polar surface area (TPSA) is 43.8 Å².